The predicted octanol–water partition coefficient (Wildman–Crippen LogP) is 4.55. The first-order valence-corrected chi connectivity index (χ1v) is 11.0. The van der Waals surface area contributed by atoms with Crippen molar-refractivity contribution in [2.45, 2.75) is 32.2 Å². The third-order valence-electron chi connectivity index (χ3n) is 5.34. The summed E-state index contributed by atoms with van der Waals surface area (Å²) in [6.07, 6.45) is 5.04. The van der Waals surface area contributed by atoms with E-state index in [1.807, 2.05) is 0 Å². The highest BCUT2D eigenvalue weighted by atomic mass is 35.5. The van der Waals surface area contributed by atoms with Crippen molar-refractivity contribution in [3.63, 3.8) is 0 Å². The molecule has 0 unspecified atom stereocenters. The number of halogens is 2. The molecule has 0 bridgehead atoms. The highest BCUT2D eigenvalue weighted by Gasteiger charge is 2.39. The lowest BCUT2D eigenvalue weighted by molar-refractivity contribution is -0.139. The average molecular weight is 452 g/mol. The number of nitrogens with one attached hydrogen (secondary N) is 1. The molecule has 6 nitrogen and oxygen atoms in total. The van der Waals surface area contributed by atoms with E-state index in [-0.39, 0.29) is 12.6 Å². The van der Waals surface area contributed by atoms with Gasteiger partial charge in [0.25, 0.3) is 0 Å². The lowest BCUT2D eigenvalue weighted by atomic mass is 9.93. The number of benzene rings is 1. The molecule has 1 fully saturated rings. The molecule has 0 spiro atoms. The van der Waals surface area contributed by atoms with Gasteiger partial charge in [-0.25, -0.2) is 9.59 Å². The van der Waals surface area contributed by atoms with Crippen LogP contribution >= 0.6 is 23.2 Å². The summed E-state index contributed by atoms with van der Waals surface area (Å²) < 4.78 is 5.39. The van der Waals surface area contributed by atoms with Crippen molar-refractivity contribution in [2.75, 3.05) is 32.8 Å². The smallest absolute Gasteiger partial charge is 0.338 e. The van der Waals surface area contributed by atoms with E-state index in [0.29, 0.717) is 40.0 Å². The van der Waals surface area contributed by atoms with Crippen LogP contribution in [0.3, 0.4) is 0 Å². The maximum atomic E-state index is 13.1. The first kappa shape index (κ1) is 22.7. The lowest BCUT2D eigenvalue weighted by Gasteiger charge is -2.39. The molecule has 0 aliphatic carbocycles. The maximum absolute atomic E-state index is 13.1. The SMILES string of the molecule is C=CCN1C(=O)N[C@H](c2ccc(Cl)cc2Cl)C(C(=O)OCC)=C1CN1CCCCC1. The Bertz CT molecular complexity index is 850. The van der Waals surface area contributed by atoms with E-state index in [2.05, 4.69) is 16.8 Å². The standard InChI is InChI=1S/C22H27Cl2N3O3/c1-3-10-27-18(14-26-11-6-5-7-12-26)19(21(28)30-4-2)20(25-22(27)29)16-9-8-15(23)13-17(16)24/h3,8-9,13,20H,1,4-7,10-12,14H2,2H3,(H,25,29)/t20-/m1/s1. The number of nitrogens with zero attached hydrogens (tertiary/aromatic N) is 2. The third kappa shape index (κ3) is 4.99. The number of piperidine rings is 1. The fourth-order valence-corrected chi connectivity index (χ4v) is 4.46. The number of likely N-dealkylation sites (tertiary alicyclic amines) is 1. The first-order chi connectivity index (χ1) is 14.5. The molecular formula is C22H27Cl2N3O3. The molecule has 3 rings (SSSR count). The summed E-state index contributed by atoms with van der Waals surface area (Å²) >= 11 is 12.5. The van der Waals surface area contributed by atoms with Crippen LogP contribution in [0.25, 0.3) is 0 Å². The monoisotopic (exact) mass is 451 g/mol. The van der Waals surface area contributed by atoms with Gasteiger partial charge in [0.15, 0.2) is 0 Å². The Morgan fingerprint density at radius 1 is 1.30 bits per heavy atom. The second-order valence-electron chi connectivity index (χ2n) is 7.37. The van der Waals surface area contributed by atoms with Crippen LogP contribution in [0.15, 0.2) is 42.1 Å². The van der Waals surface area contributed by atoms with E-state index in [0.717, 1.165) is 25.9 Å². The molecule has 0 aromatic heterocycles. The molecule has 2 heterocycles. The Labute approximate surface area is 187 Å². The number of hydrogen-bond acceptors (Lipinski definition) is 4. The molecular weight excluding hydrogens is 425 g/mol. The molecule has 162 valence electrons. The highest BCUT2D eigenvalue weighted by Crippen LogP contribution is 2.36. The number of carbonyl (C=O) groups is 2. The molecule has 2 aliphatic rings. The number of esters is 1. The molecule has 8 heteroatoms. The Kier molecular flexibility index (Phi) is 7.81. The minimum Gasteiger partial charge on any atom is -0.463 e. The summed E-state index contributed by atoms with van der Waals surface area (Å²) in [7, 11) is 0. The minimum absolute atomic E-state index is 0.232. The van der Waals surface area contributed by atoms with Crippen molar-refractivity contribution in [2.24, 2.45) is 0 Å². The van der Waals surface area contributed by atoms with Crippen LogP contribution < -0.4 is 5.32 Å². The largest absolute Gasteiger partial charge is 0.463 e. The Morgan fingerprint density at radius 2 is 2.03 bits per heavy atom. The fourth-order valence-electron chi connectivity index (χ4n) is 3.94. The molecule has 2 aliphatic heterocycles. The van der Waals surface area contributed by atoms with Gasteiger partial charge in [-0.15, -0.1) is 6.58 Å². The van der Waals surface area contributed by atoms with Crippen LogP contribution in [0, 0.1) is 0 Å². The molecule has 0 saturated carbocycles. The zero-order valence-corrected chi connectivity index (χ0v) is 18.6. The van der Waals surface area contributed by atoms with Gasteiger partial charge in [0.2, 0.25) is 0 Å². The van der Waals surface area contributed by atoms with Gasteiger partial charge in [0.1, 0.15) is 0 Å². The number of carbonyl (C=O) groups excluding carboxylic acids is 2. The Morgan fingerprint density at radius 3 is 2.67 bits per heavy atom. The molecule has 30 heavy (non-hydrogen) atoms. The van der Waals surface area contributed by atoms with Gasteiger partial charge in [0, 0.05) is 28.8 Å². The summed E-state index contributed by atoms with van der Waals surface area (Å²) in [5, 5.41) is 3.78. The quantitative estimate of drug-likeness (QED) is 0.487. The van der Waals surface area contributed by atoms with Gasteiger partial charge < -0.3 is 10.1 Å². The van der Waals surface area contributed by atoms with E-state index in [1.165, 1.54) is 6.42 Å². The molecule has 2 amide bonds. The van der Waals surface area contributed by atoms with Crippen LogP contribution in [-0.2, 0) is 9.53 Å². The predicted molar refractivity (Wildman–Crippen MR) is 119 cm³/mol. The zero-order valence-electron chi connectivity index (χ0n) is 17.1. The van der Waals surface area contributed by atoms with E-state index in [1.54, 1.807) is 36.1 Å². The number of ether oxygens (including phenoxy) is 1. The van der Waals surface area contributed by atoms with E-state index in [4.69, 9.17) is 27.9 Å². The highest BCUT2D eigenvalue weighted by molar-refractivity contribution is 6.35. The average Bonchev–Trinajstić information content (AvgIpc) is 2.71. The van der Waals surface area contributed by atoms with Gasteiger partial charge in [0.05, 0.1) is 18.2 Å². The van der Waals surface area contributed by atoms with Crippen molar-refractivity contribution in [1.29, 1.82) is 0 Å². The van der Waals surface area contributed by atoms with Crippen molar-refractivity contribution in [3.05, 3.63) is 57.7 Å². The maximum Gasteiger partial charge on any atom is 0.338 e. The van der Waals surface area contributed by atoms with Crippen molar-refractivity contribution < 1.29 is 14.3 Å². The molecule has 1 atom stereocenters. The third-order valence-corrected chi connectivity index (χ3v) is 5.90. The lowest BCUT2D eigenvalue weighted by Crippen LogP contribution is -2.51. The van der Waals surface area contributed by atoms with Gasteiger partial charge in [-0.05, 0) is 50.6 Å². The number of amides is 2. The summed E-state index contributed by atoms with van der Waals surface area (Å²) in [6, 6.07) is 4.01. The van der Waals surface area contributed by atoms with Gasteiger partial charge in [-0.1, -0.05) is 41.8 Å². The molecule has 0 radical (unpaired) electrons. The van der Waals surface area contributed by atoms with Crippen molar-refractivity contribution in [3.8, 4) is 0 Å². The first-order valence-electron chi connectivity index (χ1n) is 10.2. The summed E-state index contributed by atoms with van der Waals surface area (Å²) in [5.74, 6) is -0.463. The summed E-state index contributed by atoms with van der Waals surface area (Å²) in [6.45, 7) is 8.39. The van der Waals surface area contributed by atoms with Crippen molar-refractivity contribution >= 4 is 35.2 Å². The Hall–Kier alpha value is -2.02. The fraction of sp³-hybridized carbons (Fsp3) is 0.455. The summed E-state index contributed by atoms with van der Waals surface area (Å²) in [4.78, 5) is 29.9. The zero-order chi connectivity index (χ0) is 21.7. The summed E-state index contributed by atoms with van der Waals surface area (Å²) in [5.41, 5.74) is 1.63. The normalized spacial score (nSPS) is 20.2. The van der Waals surface area contributed by atoms with E-state index < -0.39 is 12.0 Å². The number of rotatable bonds is 7. The van der Waals surface area contributed by atoms with Crippen LogP contribution in [0.1, 0.15) is 37.8 Å². The van der Waals surface area contributed by atoms with Crippen LogP contribution in [-0.4, -0.2) is 54.6 Å². The van der Waals surface area contributed by atoms with Crippen LogP contribution in [0.5, 0.6) is 0 Å². The molecule has 1 saturated heterocycles. The number of urea groups is 1. The number of hydrogen-bond donors (Lipinski definition) is 1. The van der Waals surface area contributed by atoms with E-state index in [9.17, 15) is 9.59 Å². The van der Waals surface area contributed by atoms with Gasteiger partial charge >= 0.3 is 12.0 Å². The topological polar surface area (TPSA) is 61.9 Å². The van der Waals surface area contributed by atoms with Gasteiger partial charge in [-0.3, -0.25) is 9.80 Å². The molecule has 1 aromatic rings. The van der Waals surface area contributed by atoms with Gasteiger partial charge in [-0.2, -0.15) is 0 Å². The van der Waals surface area contributed by atoms with E-state index >= 15 is 0 Å². The Balaban J connectivity index is 2.13. The second kappa shape index (κ2) is 10.3. The van der Waals surface area contributed by atoms with Crippen LogP contribution in [0.4, 0.5) is 4.79 Å². The molecule has 1 aromatic carbocycles. The second-order valence-corrected chi connectivity index (χ2v) is 8.21. The van der Waals surface area contributed by atoms with Crippen LogP contribution in [0.2, 0.25) is 10.0 Å². The van der Waals surface area contributed by atoms with Crippen molar-refractivity contribution in [1.82, 2.24) is 15.1 Å². The molecule has 1 N–H and O–H groups in total. The minimum atomic E-state index is -0.720.